The molecule has 0 N–H and O–H groups in total. The molecule has 0 aliphatic heterocycles. The van der Waals surface area contributed by atoms with Crippen molar-refractivity contribution >= 4 is 0 Å². The van der Waals surface area contributed by atoms with Crippen LogP contribution in [-0.2, 0) is 0 Å². The molecule has 0 radical (unpaired) electrons. The molecule has 0 aromatic heterocycles. The van der Waals surface area contributed by atoms with Gasteiger partial charge in [-0.2, -0.15) is 0 Å². The minimum atomic E-state index is 0.806. The van der Waals surface area contributed by atoms with E-state index in [9.17, 15) is 0 Å². The molecular formula is C15H26. The van der Waals surface area contributed by atoms with Crippen LogP contribution in [0.4, 0.5) is 0 Å². The van der Waals surface area contributed by atoms with E-state index in [0.29, 0.717) is 0 Å². The average Bonchev–Trinajstić information content (AvgIpc) is 2.56. The van der Waals surface area contributed by atoms with Crippen LogP contribution in [0.1, 0.15) is 53.4 Å². The normalized spacial score (nSPS) is 58.8. The van der Waals surface area contributed by atoms with Crippen LogP contribution in [0.25, 0.3) is 0 Å². The Hall–Kier alpha value is 0. The summed E-state index contributed by atoms with van der Waals surface area (Å²) in [5, 5.41) is 0. The van der Waals surface area contributed by atoms with Gasteiger partial charge in [0.05, 0.1) is 0 Å². The van der Waals surface area contributed by atoms with E-state index in [4.69, 9.17) is 0 Å². The third-order valence-corrected chi connectivity index (χ3v) is 6.46. The van der Waals surface area contributed by atoms with E-state index in [2.05, 4.69) is 27.7 Å². The van der Waals surface area contributed by atoms with Crippen molar-refractivity contribution in [1.82, 2.24) is 0 Å². The maximum Gasteiger partial charge on any atom is -0.0232 e. The summed E-state index contributed by atoms with van der Waals surface area (Å²) < 4.78 is 0. The Kier molecular flexibility index (Phi) is 2.05. The summed E-state index contributed by atoms with van der Waals surface area (Å²) in [5.41, 5.74) is 0.806. The van der Waals surface area contributed by atoms with Gasteiger partial charge in [-0.3, -0.25) is 0 Å². The molecule has 5 unspecified atom stereocenters. The number of rotatable bonds is 3. The molecule has 5 atom stereocenters. The fourth-order valence-electron chi connectivity index (χ4n) is 4.94. The quantitative estimate of drug-likeness (QED) is 0.644. The van der Waals surface area contributed by atoms with Crippen molar-refractivity contribution in [2.45, 2.75) is 53.4 Å². The number of fused-ring (bicyclic) bond motifs is 1. The fourth-order valence-corrected chi connectivity index (χ4v) is 4.94. The Labute approximate surface area is 94.8 Å². The zero-order chi connectivity index (χ0) is 10.8. The van der Waals surface area contributed by atoms with Gasteiger partial charge in [0.25, 0.3) is 0 Å². The Bertz CT molecular complexity index is 263. The van der Waals surface area contributed by atoms with Crippen molar-refractivity contribution in [3.05, 3.63) is 0 Å². The second-order valence-electron chi connectivity index (χ2n) is 7.06. The van der Waals surface area contributed by atoms with Gasteiger partial charge < -0.3 is 0 Å². The highest BCUT2D eigenvalue weighted by Gasteiger charge is 2.74. The first-order valence-corrected chi connectivity index (χ1v) is 7.09. The van der Waals surface area contributed by atoms with E-state index < -0.39 is 0 Å². The van der Waals surface area contributed by atoms with Gasteiger partial charge in [0.15, 0.2) is 0 Å². The molecule has 3 saturated carbocycles. The maximum absolute atomic E-state index is 2.61. The predicted molar refractivity (Wildman–Crippen MR) is 64.5 cm³/mol. The average molecular weight is 206 g/mol. The summed E-state index contributed by atoms with van der Waals surface area (Å²) in [6, 6.07) is 0. The molecule has 0 amide bonds. The molecule has 0 saturated heterocycles. The highest BCUT2D eigenvalue weighted by Crippen LogP contribution is 2.80. The molecule has 0 spiro atoms. The Balaban J connectivity index is 1.63. The van der Waals surface area contributed by atoms with Crippen molar-refractivity contribution < 1.29 is 0 Å². The van der Waals surface area contributed by atoms with Crippen LogP contribution in [-0.4, -0.2) is 0 Å². The third-order valence-electron chi connectivity index (χ3n) is 6.46. The van der Waals surface area contributed by atoms with Gasteiger partial charge in [-0.15, -0.1) is 0 Å². The van der Waals surface area contributed by atoms with Gasteiger partial charge >= 0.3 is 0 Å². The summed E-state index contributed by atoms with van der Waals surface area (Å²) in [5.74, 6) is 6.52. The van der Waals surface area contributed by atoms with Crippen LogP contribution in [0, 0.1) is 40.9 Å². The molecular weight excluding hydrogens is 180 g/mol. The van der Waals surface area contributed by atoms with Crippen molar-refractivity contribution in [2.24, 2.45) is 40.9 Å². The molecule has 0 heteroatoms. The van der Waals surface area contributed by atoms with Crippen molar-refractivity contribution in [2.75, 3.05) is 0 Å². The molecule has 0 aromatic carbocycles. The van der Waals surface area contributed by atoms with Crippen LogP contribution in [0.5, 0.6) is 0 Å². The lowest BCUT2D eigenvalue weighted by Crippen LogP contribution is -2.29. The first-order valence-electron chi connectivity index (χ1n) is 7.09. The van der Waals surface area contributed by atoms with Crippen molar-refractivity contribution in [3.63, 3.8) is 0 Å². The summed E-state index contributed by atoms with van der Waals surface area (Å²) in [7, 11) is 0. The smallest absolute Gasteiger partial charge is 0.0232 e. The largest absolute Gasteiger partial charge is 0.0651 e. The molecule has 3 aliphatic rings. The molecule has 0 bridgehead atoms. The molecule has 3 rings (SSSR count). The summed E-state index contributed by atoms with van der Waals surface area (Å²) in [6.45, 7) is 9.88. The molecule has 0 nitrogen and oxygen atoms in total. The standard InChI is InChI=1S/C15H26/c1-5-10(3)12-8-13-14(12)15(13,4)11-6-9(2)7-11/h9-14H,5-8H2,1-4H3. The first kappa shape index (κ1) is 10.2. The van der Waals surface area contributed by atoms with E-state index in [1.54, 1.807) is 6.42 Å². The second-order valence-corrected chi connectivity index (χ2v) is 7.06. The predicted octanol–water partition coefficient (Wildman–Crippen LogP) is 4.35. The highest BCUT2D eigenvalue weighted by molar-refractivity contribution is 5.22. The van der Waals surface area contributed by atoms with Gasteiger partial charge in [0.2, 0.25) is 0 Å². The van der Waals surface area contributed by atoms with Gasteiger partial charge in [-0.1, -0.05) is 34.1 Å². The minimum absolute atomic E-state index is 0.806. The third kappa shape index (κ3) is 1.14. The Morgan fingerprint density at radius 2 is 1.93 bits per heavy atom. The van der Waals surface area contributed by atoms with Crippen LogP contribution in [0.3, 0.4) is 0 Å². The molecule has 0 aromatic rings. The summed E-state index contributed by atoms with van der Waals surface area (Å²) in [6.07, 6.45) is 6.04. The van der Waals surface area contributed by atoms with Gasteiger partial charge in [-0.25, -0.2) is 0 Å². The lowest BCUT2D eigenvalue weighted by Gasteiger charge is -2.38. The number of hydrogen-bond donors (Lipinski definition) is 0. The van der Waals surface area contributed by atoms with Gasteiger partial charge in [-0.05, 0) is 60.2 Å². The highest BCUT2D eigenvalue weighted by atomic mass is 14.8. The Morgan fingerprint density at radius 1 is 1.27 bits per heavy atom. The fraction of sp³-hybridized carbons (Fsp3) is 1.00. The Morgan fingerprint density at radius 3 is 2.47 bits per heavy atom. The lowest BCUT2D eigenvalue weighted by atomic mass is 9.67. The molecule has 3 aliphatic carbocycles. The van der Waals surface area contributed by atoms with E-state index in [1.165, 1.54) is 19.3 Å². The molecule has 86 valence electrons. The van der Waals surface area contributed by atoms with E-state index in [1.807, 2.05) is 0 Å². The maximum atomic E-state index is 2.61. The van der Waals surface area contributed by atoms with Crippen LogP contribution in [0.15, 0.2) is 0 Å². The second kappa shape index (κ2) is 3.02. The van der Waals surface area contributed by atoms with Gasteiger partial charge in [0.1, 0.15) is 0 Å². The van der Waals surface area contributed by atoms with Crippen molar-refractivity contribution in [1.29, 1.82) is 0 Å². The summed E-state index contributed by atoms with van der Waals surface area (Å²) in [4.78, 5) is 0. The van der Waals surface area contributed by atoms with E-state index in [-0.39, 0.29) is 0 Å². The zero-order valence-electron chi connectivity index (χ0n) is 10.8. The molecule has 3 fully saturated rings. The lowest BCUT2D eigenvalue weighted by molar-refractivity contribution is 0.114. The molecule has 15 heavy (non-hydrogen) atoms. The minimum Gasteiger partial charge on any atom is -0.0651 e. The van der Waals surface area contributed by atoms with Crippen molar-refractivity contribution in [3.8, 4) is 0 Å². The zero-order valence-corrected chi connectivity index (χ0v) is 10.8. The number of hydrogen-bond acceptors (Lipinski definition) is 0. The van der Waals surface area contributed by atoms with Crippen LogP contribution >= 0.6 is 0 Å². The topological polar surface area (TPSA) is 0 Å². The molecule has 0 heterocycles. The van der Waals surface area contributed by atoms with E-state index >= 15 is 0 Å². The van der Waals surface area contributed by atoms with Gasteiger partial charge in [0, 0.05) is 0 Å². The monoisotopic (exact) mass is 206 g/mol. The summed E-state index contributed by atoms with van der Waals surface area (Å²) >= 11 is 0. The van der Waals surface area contributed by atoms with E-state index in [0.717, 1.165) is 40.9 Å². The van der Waals surface area contributed by atoms with Crippen LogP contribution in [0.2, 0.25) is 0 Å². The SMILES string of the molecule is CCC(C)C1CC2C1C2(C)C1CC(C)C1. The van der Waals surface area contributed by atoms with Crippen LogP contribution < -0.4 is 0 Å². The first-order chi connectivity index (χ1) is 7.09.